The van der Waals surface area contributed by atoms with E-state index in [2.05, 4.69) is 96.0 Å². The minimum absolute atomic E-state index is 0.0405. The molecule has 0 N–H and O–H groups in total. The van der Waals surface area contributed by atoms with Crippen molar-refractivity contribution in [3.63, 3.8) is 0 Å². The average molecular weight is 502 g/mol. The lowest BCUT2D eigenvalue weighted by Crippen LogP contribution is -2.33. The van der Waals surface area contributed by atoms with Crippen LogP contribution in [0.25, 0.3) is 6.20 Å². The van der Waals surface area contributed by atoms with E-state index in [0.29, 0.717) is 11.0 Å². The quantitative estimate of drug-likeness (QED) is 0.281. The van der Waals surface area contributed by atoms with E-state index in [-0.39, 0.29) is 5.56 Å². The van der Waals surface area contributed by atoms with Crippen LogP contribution in [0.1, 0.15) is 37.9 Å². The Morgan fingerprint density at radius 3 is 2.41 bits per heavy atom. The van der Waals surface area contributed by atoms with Crippen LogP contribution < -0.4 is 10.5 Å². The highest BCUT2D eigenvalue weighted by molar-refractivity contribution is 9.10. The first-order chi connectivity index (χ1) is 15.4. The van der Waals surface area contributed by atoms with Crippen molar-refractivity contribution in [1.82, 2.24) is 14.3 Å². The molecule has 0 aliphatic heterocycles. The summed E-state index contributed by atoms with van der Waals surface area (Å²) in [5.41, 5.74) is 3.45. The van der Waals surface area contributed by atoms with E-state index in [4.69, 9.17) is 0 Å². The van der Waals surface area contributed by atoms with Crippen LogP contribution in [0.2, 0.25) is 0 Å². The number of nitrogens with zero attached hydrogens (tertiary/aromatic N) is 4. The highest BCUT2D eigenvalue weighted by Gasteiger charge is 2.16. The van der Waals surface area contributed by atoms with Crippen LogP contribution in [0.15, 0.2) is 63.9 Å². The summed E-state index contributed by atoms with van der Waals surface area (Å²) >= 11 is 3.52. The number of rotatable bonds is 12. The van der Waals surface area contributed by atoms with Crippen molar-refractivity contribution in [2.45, 2.75) is 40.2 Å². The number of aromatic nitrogens is 2. The number of hydrogen-bond acceptors (Lipinski definition) is 3. The summed E-state index contributed by atoms with van der Waals surface area (Å²) < 4.78 is 4.18. The largest absolute Gasteiger partial charge is 0.371 e. The number of aryl methyl sites for hydroxylation is 1. The number of halogens is 1. The standard InChI is InChI=1S/C26H37BrN4O/c1-6-8-9-10-11-12-13-18-31-26(32)25(27)24(29(31)5)21-28(4)19-20-30(7-2)23-16-14-22(3)15-17-23/h8-9,11-18H,6-7,10,19-21H2,1-5H3/b9-8-,12-11?,18-13+. The van der Waals surface area contributed by atoms with Crippen LogP contribution in [0.5, 0.6) is 0 Å². The van der Waals surface area contributed by atoms with E-state index in [9.17, 15) is 4.79 Å². The second kappa shape index (κ2) is 13.3. The molecule has 1 aromatic heterocycles. The molecule has 1 aromatic carbocycles. The molecule has 0 bridgehead atoms. The topological polar surface area (TPSA) is 33.4 Å². The van der Waals surface area contributed by atoms with Crippen LogP contribution in [0.3, 0.4) is 0 Å². The molecule has 0 saturated heterocycles. The summed E-state index contributed by atoms with van der Waals surface area (Å²) in [6.45, 7) is 9.90. The van der Waals surface area contributed by atoms with Crippen LogP contribution in [0.4, 0.5) is 5.69 Å². The number of likely N-dealkylation sites (N-methyl/N-ethyl adjacent to an activating group) is 2. The Morgan fingerprint density at radius 2 is 1.75 bits per heavy atom. The van der Waals surface area contributed by atoms with E-state index < -0.39 is 0 Å². The molecule has 0 aliphatic carbocycles. The fraction of sp³-hybridized carbons (Fsp3) is 0.423. The SMILES string of the molecule is CC/C=C\CC=C/C=C/n1c(=O)c(Br)c(CN(C)CCN(CC)c2ccc(C)cc2)n1C. The Morgan fingerprint density at radius 1 is 1.03 bits per heavy atom. The molecule has 32 heavy (non-hydrogen) atoms. The molecular weight excluding hydrogens is 464 g/mol. The zero-order valence-electron chi connectivity index (χ0n) is 20.1. The van der Waals surface area contributed by atoms with E-state index in [1.54, 1.807) is 4.68 Å². The molecule has 1 heterocycles. The average Bonchev–Trinajstić information content (AvgIpc) is 2.98. The zero-order valence-corrected chi connectivity index (χ0v) is 21.7. The molecule has 6 heteroatoms. The third-order valence-electron chi connectivity index (χ3n) is 5.46. The Bertz CT molecular complexity index is 982. The lowest BCUT2D eigenvalue weighted by atomic mass is 10.2. The number of benzene rings is 1. The van der Waals surface area contributed by atoms with Crippen molar-refractivity contribution in [2.75, 3.05) is 31.6 Å². The van der Waals surface area contributed by atoms with Crippen molar-refractivity contribution in [1.29, 1.82) is 0 Å². The first kappa shape index (κ1) is 25.9. The summed E-state index contributed by atoms with van der Waals surface area (Å²) in [6, 6.07) is 8.67. The first-order valence-electron chi connectivity index (χ1n) is 11.3. The molecule has 2 rings (SSSR count). The lowest BCUT2D eigenvalue weighted by molar-refractivity contribution is 0.321. The van der Waals surface area contributed by atoms with Gasteiger partial charge in [0, 0.05) is 45.1 Å². The maximum Gasteiger partial charge on any atom is 0.285 e. The Balaban J connectivity index is 2.01. The Hall–Kier alpha value is -2.31. The van der Waals surface area contributed by atoms with Crippen molar-refractivity contribution in [2.24, 2.45) is 7.05 Å². The monoisotopic (exact) mass is 500 g/mol. The minimum Gasteiger partial charge on any atom is -0.371 e. The van der Waals surface area contributed by atoms with Gasteiger partial charge in [-0.3, -0.25) is 14.4 Å². The van der Waals surface area contributed by atoms with Gasteiger partial charge in [0.1, 0.15) is 4.47 Å². The van der Waals surface area contributed by atoms with E-state index in [0.717, 1.165) is 38.2 Å². The Kier molecular flexibility index (Phi) is 10.8. The van der Waals surface area contributed by atoms with Gasteiger partial charge in [-0.2, -0.15) is 0 Å². The van der Waals surface area contributed by atoms with E-state index in [1.807, 2.05) is 30.1 Å². The summed E-state index contributed by atoms with van der Waals surface area (Å²) in [7, 11) is 4.03. The van der Waals surface area contributed by atoms with Gasteiger partial charge >= 0.3 is 0 Å². The van der Waals surface area contributed by atoms with E-state index >= 15 is 0 Å². The fourth-order valence-electron chi connectivity index (χ4n) is 3.45. The van der Waals surface area contributed by atoms with Crippen LogP contribution in [0, 0.1) is 6.92 Å². The third kappa shape index (κ3) is 7.38. The van der Waals surface area contributed by atoms with Gasteiger partial charge in [-0.25, -0.2) is 4.68 Å². The molecule has 0 spiro atoms. The molecular formula is C26H37BrN4O. The third-order valence-corrected chi connectivity index (χ3v) is 6.26. The van der Waals surface area contributed by atoms with Gasteiger partial charge in [0.15, 0.2) is 0 Å². The summed E-state index contributed by atoms with van der Waals surface area (Å²) in [5, 5.41) is 0. The zero-order chi connectivity index (χ0) is 23.5. The first-order valence-corrected chi connectivity index (χ1v) is 12.1. The second-order valence-electron chi connectivity index (χ2n) is 7.97. The van der Waals surface area contributed by atoms with Crippen molar-refractivity contribution in [3.8, 4) is 0 Å². The molecule has 0 fully saturated rings. The summed E-state index contributed by atoms with van der Waals surface area (Å²) in [5.74, 6) is 0. The summed E-state index contributed by atoms with van der Waals surface area (Å²) in [6.07, 6.45) is 14.0. The van der Waals surface area contributed by atoms with Gasteiger partial charge in [-0.05, 0) is 67.9 Å². The van der Waals surface area contributed by atoms with Gasteiger partial charge in [-0.15, -0.1) is 0 Å². The normalized spacial score (nSPS) is 12.2. The maximum atomic E-state index is 12.7. The van der Waals surface area contributed by atoms with Gasteiger partial charge in [0.2, 0.25) is 0 Å². The number of anilines is 1. The fourth-order valence-corrected chi connectivity index (χ4v) is 4.02. The van der Waals surface area contributed by atoms with Crippen LogP contribution in [-0.2, 0) is 13.6 Å². The van der Waals surface area contributed by atoms with Gasteiger partial charge in [-0.1, -0.05) is 48.9 Å². The molecule has 0 aliphatic rings. The number of allylic oxidation sites excluding steroid dienone is 5. The van der Waals surface area contributed by atoms with Crippen molar-refractivity contribution < 1.29 is 0 Å². The molecule has 5 nitrogen and oxygen atoms in total. The second-order valence-corrected chi connectivity index (χ2v) is 8.77. The maximum absolute atomic E-state index is 12.7. The molecule has 2 aromatic rings. The molecule has 0 unspecified atom stereocenters. The predicted molar refractivity (Wildman–Crippen MR) is 141 cm³/mol. The Labute approximate surface area is 201 Å². The van der Waals surface area contributed by atoms with Crippen molar-refractivity contribution >= 4 is 27.8 Å². The highest BCUT2D eigenvalue weighted by Crippen LogP contribution is 2.17. The highest BCUT2D eigenvalue weighted by atomic mass is 79.9. The van der Waals surface area contributed by atoms with Gasteiger partial charge in [0.25, 0.3) is 5.56 Å². The molecule has 0 atom stereocenters. The van der Waals surface area contributed by atoms with Gasteiger partial charge < -0.3 is 4.90 Å². The predicted octanol–water partition coefficient (Wildman–Crippen LogP) is 5.60. The number of hydrogen-bond donors (Lipinski definition) is 0. The summed E-state index contributed by atoms with van der Waals surface area (Å²) in [4.78, 5) is 17.3. The van der Waals surface area contributed by atoms with Crippen molar-refractivity contribution in [3.05, 3.63) is 80.7 Å². The minimum atomic E-state index is -0.0405. The molecule has 174 valence electrons. The molecule has 0 saturated carbocycles. The van der Waals surface area contributed by atoms with Crippen LogP contribution >= 0.6 is 15.9 Å². The van der Waals surface area contributed by atoms with Gasteiger partial charge in [0.05, 0.1) is 5.69 Å². The smallest absolute Gasteiger partial charge is 0.285 e. The molecule has 0 radical (unpaired) electrons. The molecule has 0 amide bonds. The lowest BCUT2D eigenvalue weighted by Gasteiger charge is -2.26. The van der Waals surface area contributed by atoms with E-state index in [1.165, 1.54) is 11.3 Å². The van der Waals surface area contributed by atoms with Crippen LogP contribution in [-0.4, -0.2) is 40.9 Å².